The second-order valence-electron chi connectivity index (χ2n) is 19.1. The Morgan fingerprint density at radius 2 is 1.13 bits per heavy atom. The molecule has 0 bridgehead atoms. The van der Waals surface area contributed by atoms with Crippen LogP contribution < -0.4 is 9.80 Å². The molecule has 338 valence electrons. The van der Waals surface area contributed by atoms with Crippen molar-refractivity contribution in [3.05, 3.63) is 265 Å². The van der Waals surface area contributed by atoms with E-state index in [9.17, 15) is 0 Å². The van der Waals surface area contributed by atoms with Gasteiger partial charge >= 0.3 is 0 Å². The smallest absolute Gasteiger partial charge is 0.159 e. The number of para-hydroxylation sites is 4. The van der Waals surface area contributed by atoms with Gasteiger partial charge in [-0.3, -0.25) is 0 Å². The van der Waals surface area contributed by atoms with E-state index in [1.807, 2.05) is 6.07 Å². The first-order valence-corrected chi connectivity index (χ1v) is 24.8. The van der Waals surface area contributed by atoms with Gasteiger partial charge in [0.1, 0.15) is 11.2 Å². The summed E-state index contributed by atoms with van der Waals surface area (Å²) in [6.07, 6.45) is 14.2. The van der Waals surface area contributed by atoms with Gasteiger partial charge < -0.3 is 18.6 Å². The lowest BCUT2D eigenvalue weighted by atomic mass is 9.91. The maximum absolute atomic E-state index is 6.79. The third kappa shape index (κ3) is 6.89. The van der Waals surface area contributed by atoms with Crippen LogP contribution in [0.15, 0.2) is 257 Å². The molecule has 0 saturated heterocycles. The van der Waals surface area contributed by atoms with Gasteiger partial charge in [0.2, 0.25) is 0 Å². The Morgan fingerprint density at radius 3 is 1.82 bits per heavy atom. The van der Waals surface area contributed by atoms with Gasteiger partial charge in [0.15, 0.2) is 11.2 Å². The van der Waals surface area contributed by atoms with Crippen LogP contribution in [0.3, 0.4) is 0 Å². The molecule has 3 aliphatic rings. The molecule has 4 nitrogen and oxygen atoms in total. The average Bonchev–Trinajstić information content (AvgIpc) is 4.01. The van der Waals surface area contributed by atoms with Crippen molar-refractivity contribution in [3.8, 4) is 11.1 Å². The van der Waals surface area contributed by atoms with E-state index in [0.29, 0.717) is 11.8 Å². The Labute approximate surface area is 412 Å². The van der Waals surface area contributed by atoms with Crippen LogP contribution in [0, 0.1) is 5.92 Å². The van der Waals surface area contributed by atoms with E-state index in [0.717, 1.165) is 85.9 Å². The predicted octanol–water partition coefficient (Wildman–Crippen LogP) is 18.6. The van der Waals surface area contributed by atoms with Gasteiger partial charge in [-0.2, -0.15) is 0 Å². The SMILES string of the molecule is C=CC1=C(/C=C/N(c2ccc(-c3ccccc3)cc2)c2cccc3c2oc2ccccc23)C2CC2c2cc(N(C3=CC=C(c4ccccc4)CC3)c3cccc4c3oc3ccccc34)cc3cccc1c23. The van der Waals surface area contributed by atoms with Crippen molar-refractivity contribution < 1.29 is 8.83 Å². The van der Waals surface area contributed by atoms with E-state index in [-0.39, 0.29) is 0 Å². The van der Waals surface area contributed by atoms with Gasteiger partial charge in [-0.15, -0.1) is 0 Å². The normalized spacial score (nSPS) is 16.4. The van der Waals surface area contributed by atoms with Crippen LogP contribution in [0.4, 0.5) is 22.7 Å². The molecular weight excluding hydrogens is 865 g/mol. The summed E-state index contributed by atoms with van der Waals surface area (Å²) in [5, 5.41) is 7.00. The summed E-state index contributed by atoms with van der Waals surface area (Å²) in [7, 11) is 0. The molecule has 0 aliphatic heterocycles. The molecule has 2 heterocycles. The lowest BCUT2D eigenvalue weighted by Gasteiger charge is -2.31. The zero-order chi connectivity index (χ0) is 47.0. The summed E-state index contributed by atoms with van der Waals surface area (Å²) in [6, 6.07) is 71.7. The monoisotopic (exact) mass is 912 g/mol. The molecule has 0 N–H and O–H groups in total. The van der Waals surface area contributed by atoms with Gasteiger partial charge in [-0.25, -0.2) is 0 Å². The first kappa shape index (κ1) is 41.1. The minimum absolute atomic E-state index is 0.312. The minimum Gasteiger partial charge on any atom is -0.454 e. The third-order valence-electron chi connectivity index (χ3n) is 15.1. The quantitative estimate of drug-likeness (QED) is 0.137. The van der Waals surface area contributed by atoms with E-state index < -0.39 is 0 Å². The fraction of sp³-hybridized carbons (Fsp3) is 0.0746. The lowest BCUT2D eigenvalue weighted by molar-refractivity contribution is 0.668. The summed E-state index contributed by atoms with van der Waals surface area (Å²) in [4.78, 5) is 4.78. The van der Waals surface area contributed by atoms with Crippen LogP contribution in [0.25, 0.3) is 76.9 Å². The molecule has 0 spiro atoms. The first-order chi connectivity index (χ1) is 35.2. The van der Waals surface area contributed by atoms with E-state index in [2.05, 4.69) is 241 Å². The molecule has 0 amide bonds. The van der Waals surface area contributed by atoms with Crippen LogP contribution >= 0.6 is 0 Å². The standard InChI is InChI=1S/C67H48N2O2/c1-2-51-52(38-39-68(48-34-30-45(31-35-48)43-16-5-3-6-17-43)61-26-14-24-56-53-21-9-11-28-63(53)70-66(56)61)58-42-59(58)60-41-50(40-47-20-13-23-55(51)65(47)60)69(49-36-32-46(33-37-49)44-18-7-4-8-19-44)62-27-15-25-57-54-22-10-12-29-64(54)71-67(57)62/h2-32,34-36,38-41,58-59H,1,33,37,42H2/b39-38+. The highest BCUT2D eigenvalue weighted by Crippen LogP contribution is 2.59. The average molecular weight is 913 g/mol. The molecular formula is C67H48N2O2. The number of rotatable bonds is 10. The van der Waals surface area contributed by atoms with Crippen LogP contribution in [0.5, 0.6) is 0 Å². The number of furan rings is 2. The Kier molecular flexibility index (Phi) is 9.67. The highest BCUT2D eigenvalue weighted by Gasteiger charge is 2.44. The van der Waals surface area contributed by atoms with Crippen molar-refractivity contribution >= 4 is 88.5 Å². The highest BCUT2D eigenvalue weighted by atomic mass is 16.3. The summed E-state index contributed by atoms with van der Waals surface area (Å²) in [5.74, 6) is 0.647. The largest absolute Gasteiger partial charge is 0.454 e. The van der Waals surface area contributed by atoms with Crippen molar-refractivity contribution in [1.29, 1.82) is 0 Å². The number of nitrogens with zero attached hydrogens (tertiary/aromatic N) is 2. The topological polar surface area (TPSA) is 32.8 Å². The van der Waals surface area contributed by atoms with E-state index >= 15 is 0 Å². The predicted molar refractivity (Wildman–Crippen MR) is 296 cm³/mol. The number of anilines is 4. The molecule has 4 heteroatoms. The maximum atomic E-state index is 6.79. The molecule has 2 atom stereocenters. The molecule has 1 fully saturated rings. The minimum atomic E-state index is 0.312. The van der Waals surface area contributed by atoms with Crippen LogP contribution in [0.1, 0.15) is 41.9 Å². The second-order valence-corrected chi connectivity index (χ2v) is 19.1. The lowest BCUT2D eigenvalue weighted by Crippen LogP contribution is -2.18. The van der Waals surface area contributed by atoms with Crippen molar-refractivity contribution in [1.82, 2.24) is 0 Å². The molecule has 71 heavy (non-hydrogen) atoms. The Balaban J connectivity index is 0.904. The van der Waals surface area contributed by atoms with Gasteiger partial charge in [-0.1, -0.05) is 170 Å². The first-order valence-electron chi connectivity index (χ1n) is 24.8. The number of benzene rings is 9. The summed E-state index contributed by atoms with van der Waals surface area (Å²) in [5.41, 5.74) is 19.1. The molecule has 3 aliphatic carbocycles. The summed E-state index contributed by atoms with van der Waals surface area (Å²) >= 11 is 0. The number of allylic oxidation sites excluding steroid dienone is 8. The second kappa shape index (κ2) is 16.7. The summed E-state index contributed by atoms with van der Waals surface area (Å²) < 4.78 is 13.5. The van der Waals surface area contributed by atoms with Crippen LogP contribution in [0.2, 0.25) is 0 Å². The number of fused-ring (bicyclic) bond motifs is 8. The van der Waals surface area contributed by atoms with E-state index in [4.69, 9.17) is 8.83 Å². The molecule has 0 radical (unpaired) electrons. The molecule has 1 saturated carbocycles. The zero-order valence-corrected chi connectivity index (χ0v) is 39.1. The van der Waals surface area contributed by atoms with Gasteiger partial charge in [0.05, 0.1) is 11.4 Å². The molecule has 14 rings (SSSR count). The van der Waals surface area contributed by atoms with Crippen LogP contribution in [-0.4, -0.2) is 0 Å². The molecule has 2 unspecified atom stereocenters. The van der Waals surface area contributed by atoms with Crippen LogP contribution in [-0.2, 0) is 0 Å². The van der Waals surface area contributed by atoms with Crippen molar-refractivity contribution in [2.24, 2.45) is 5.92 Å². The zero-order valence-electron chi connectivity index (χ0n) is 39.1. The molecule has 2 aromatic heterocycles. The number of hydrogen-bond donors (Lipinski definition) is 0. The summed E-state index contributed by atoms with van der Waals surface area (Å²) in [6.45, 7) is 4.51. The fourth-order valence-electron chi connectivity index (χ4n) is 11.7. The molecule has 11 aromatic rings. The Morgan fingerprint density at radius 1 is 0.507 bits per heavy atom. The van der Waals surface area contributed by atoms with E-state index in [1.165, 1.54) is 61.0 Å². The number of hydrogen-bond acceptors (Lipinski definition) is 4. The van der Waals surface area contributed by atoms with Crippen molar-refractivity contribution in [3.63, 3.8) is 0 Å². The van der Waals surface area contributed by atoms with Gasteiger partial charge in [-0.05, 0) is 147 Å². The Bertz CT molecular complexity index is 4050. The van der Waals surface area contributed by atoms with Crippen molar-refractivity contribution in [2.45, 2.75) is 25.2 Å². The maximum Gasteiger partial charge on any atom is 0.159 e. The van der Waals surface area contributed by atoms with E-state index in [1.54, 1.807) is 0 Å². The highest BCUT2D eigenvalue weighted by molar-refractivity contribution is 6.11. The van der Waals surface area contributed by atoms with Gasteiger partial charge in [0.25, 0.3) is 0 Å². The molecule has 9 aromatic carbocycles. The van der Waals surface area contributed by atoms with Gasteiger partial charge in [0, 0.05) is 44.8 Å². The third-order valence-corrected chi connectivity index (χ3v) is 15.1. The fourth-order valence-corrected chi connectivity index (χ4v) is 11.7. The van der Waals surface area contributed by atoms with Crippen molar-refractivity contribution in [2.75, 3.05) is 9.80 Å². The Hall–Kier alpha value is -8.86.